The lowest BCUT2D eigenvalue weighted by molar-refractivity contribution is 0.149. The zero-order valence-electron chi connectivity index (χ0n) is 6.78. The number of nitriles is 1. The van der Waals surface area contributed by atoms with E-state index in [9.17, 15) is 5.11 Å². The zero-order chi connectivity index (χ0) is 8.97. The molecule has 1 rings (SSSR count). The molecule has 1 atom stereocenters. The summed E-state index contributed by atoms with van der Waals surface area (Å²) in [6.45, 7) is 0. The minimum atomic E-state index is -0.696. The molecule has 0 fully saturated rings. The van der Waals surface area contributed by atoms with Crippen molar-refractivity contribution >= 4 is 0 Å². The van der Waals surface area contributed by atoms with E-state index in [-0.39, 0.29) is 0 Å². The van der Waals surface area contributed by atoms with Gasteiger partial charge in [-0.25, -0.2) is 0 Å². The van der Waals surface area contributed by atoms with Crippen LogP contribution in [0.3, 0.4) is 0 Å². The number of nitrogens with zero attached hydrogens (tertiary/aromatic N) is 1. The van der Waals surface area contributed by atoms with Gasteiger partial charge in [0.25, 0.3) is 0 Å². The van der Waals surface area contributed by atoms with Crippen LogP contribution in [0.2, 0.25) is 0 Å². The molecule has 1 aromatic rings. The lowest BCUT2D eigenvalue weighted by Crippen LogP contribution is -2.15. The number of aliphatic hydroxyl groups excluding tert-OH is 1. The van der Waals surface area contributed by atoms with Gasteiger partial charge in [-0.3, -0.25) is 5.32 Å². The maximum atomic E-state index is 9.33. The number of hydrogen-bond donors (Lipinski definition) is 2. The van der Waals surface area contributed by atoms with E-state index in [0.29, 0.717) is 11.1 Å². The summed E-state index contributed by atoms with van der Waals surface area (Å²) in [5.74, 6) is 0. The lowest BCUT2D eigenvalue weighted by Gasteiger charge is -2.08. The molecule has 3 nitrogen and oxygen atoms in total. The third-order valence-electron chi connectivity index (χ3n) is 1.60. The molecule has 0 saturated heterocycles. The molecule has 0 bridgehead atoms. The van der Waals surface area contributed by atoms with Crippen LogP contribution in [0.1, 0.15) is 17.4 Å². The largest absolute Gasteiger partial charge is 0.374 e. The van der Waals surface area contributed by atoms with Gasteiger partial charge in [-0.1, -0.05) is 12.1 Å². The fourth-order valence-electron chi connectivity index (χ4n) is 0.945. The number of hydrogen-bond acceptors (Lipinski definition) is 3. The predicted molar refractivity (Wildman–Crippen MR) is 45.2 cm³/mol. The van der Waals surface area contributed by atoms with Crippen molar-refractivity contribution in [1.29, 1.82) is 5.26 Å². The average Bonchev–Trinajstić information content (AvgIpc) is 2.17. The van der Waals surface area contributed by atoms with Gasteiger partial charge >= 0.3 is 0 Å². The van der Waals surface area contributed by atoms with Gasteiger partial charge in [0, 0.05) is 0 Å². The minimum absolute atomic E-state index is 0.557. The molecule has 0 aliphatic rings. The van der Waals surface area contributed by atoms with Crippen LogP contribution in [0.4, 0.5) is 0 Å². The Hall–Kier alpha value is -1.37. The van der Waals surface area contributed by atoms with E-state index in [2.05, 4.69) is 5.32 Å². The SMILES string of the molecule is CNC(O)c1cccc(C#N)c1. The monoisotopic (exact) mass is 162 g/mol. The van der Waals surface area contributed by atoms with Crippen molar-refractivity contribution in [2.24, 2.45) is 0 Å². The Balaban J connectivity index is 2.95. The van der Waals surface area contributed by atoms with Gasteiger partial charge in [0.05, 0.1) is 11.6 Å². The second kappa shape index (κ2) is 3.86. The summed E-state index contributed by atoms with van der Waals surface area (Å²) >= 11 is 0. The second-order valence-corrected chi connectivity index (χ2v) is 2.43. The molecule has 2 N–H and O–H groups in total. The standard InChI is InChI=1S/C9H10N2O/c1-11-9(12)8-4-2-3-7(5-8)6-10/h2-5,9,11-12H,1H3. The first-order valence-electron chi connectivity index (χ1n) is 3.63. The van der Waals surface area contributed by atoms with E-state index in [4.69, 9.17) is 5.26 Å². The second-order valence-electron chi connectivity index (χ2n) is 2.43. The Morgan fingerprint density at radius 2 is 2.33 bits per heavy atom. The number of benzene rings is 1. The highest BCUT2D eigenvalue weighted by Gasteiger charge is 2.03. The van der Waals surface area contributed by atoms with Crippen molar-refractivity contribution in [2.75, 3.05) is 7.05 Å². The van der Waals surface area contributed by atoms with Crippen LogP contribution < -0.4 is 5.32 Å². The van der Waals surface area contributed by atoms with Crippen LogP contribution in [0.5, 0.6) is 0 Å². The first-order chi connectivity index (χ1) is 5.77. The summed E-state index contributed by atoms with van der Waals surface area (Å²) in [7, 11) is 1.66. The van der Waals surface area contributed by atoms with Gasteiger partial charge in [-0.2, -0.15) is 5.26 Å². The Kier molecular flexibility index (Phi) is 2.81. The number of rotatable bonds is 2. The molecule has 0 spiro atoms. The summed E-state index contributed by atoms with van der Waals surface area (Å²) in [5, 5.41) is 20.6. The van der Waals surface area contributed by atoms with Gasteiger partial charge in [0.1, 0.15) is 6.23 Å². The molecular weight excluding hydrogens is 152 g/mol. The Bertz CT molecular complexity index is 304. The molecule has 0 saturated carbocycles. The van der Waals surface area contributed by atoms with Crippen LogP contribution >= 0.6 is 0 Å². The van der Waals surface area contributed by atoms with Crippen LogP contribution in [0.25, 0.3) is 0 Å². The normalized spacial score (nSPS) is 12.1. The van der Waals surface area contributed by atoms with E-state index >= 15 is 0 Å². The highest BCUT2D eigenvalue weighted by Crippen LogP contribution is 2.10. The van der Waals surface area contributed by atoms with Crippen LogP contribution in [0, 0.1) is 11.3 Å². The molecule has 0 aliphatic heterocycles. The molecule has 0 aromatic heterocycles. The Morgan fingerprint density at radius 1 is 1.58 bits per heavy atom. The van der Waals surface area contributed by atoms with Crippen LogP contribution in [-0.4, -0.2) is 12.2 Å². The molecule has 62 valence electrons. The topological polar surface area (TPSA) is 56.0 Å². The fourth-order valence-corrected chi connectivity index (χ4v) is 0.945. The highest BCUT2D eigenvalue weighted by atomic mass is 16.3. The maximum Gasteiger partial charge on any atom is 0.130 e. The third kappa shape index (κ3) is 1.82. The molecule has 0 aliphatic carbocycles. The van der Waals surface area contributed by atoms with Crippen molar-refractivity contribution in [3.8, 4) is 6.07 Å². The van der Waals surface area contributed by atoms with E-state index in [1.54, 1.807) is 31.3 Å². The third-order valence-corrected chi connectivity index (χ3v) is 1.60. The van der Waals surface area contributed by atoms with Crippen molar-refractivity contribution in [1.82, 2.24) is 5.32 Å². The zero-order valence-corrected chi connectivity index (χ0v) is 6.78. The van der Waals surface area contributed by atoms with Gasteiger partial charge in [0.15, 0.2) is 0 Å². The van der Waals surface area contributed by atoms with Gasteiger partial charge in [0.2, 0.25) is 0 Å². The Morgan fingerprint density at radius 3 is 2.92 bits per heavy atom. The number of aliphatic hydroxyl groups is 1. The molecule has 0 radical (unpaired) electrons. The maximum absolute atomic E-state index is 9.33. The summed E-state index contributed by atoms with van der Waals surface area (Å²) in [5.41, 5.74) is 1.26. The van der Waals surface area contributed by atoms with Gasteiger partial charge in [-0.15, -0.1) is 0 Å². The molecule has 0 amide bonds. The molecule has 0 heterocycles. The highest BCUT2D eigenvalue weighted by molar-refractivity contribution is 5.33. The summed E-state index contributed by atoms with van der Waals surface area (Å²) in [4.78, 5) is 0. The van der Waals surface area contributed by atoms with E-state index in [1.807, 2.05) is 6.07 Å². The van der Waals surface area contributed by atoms with Crippen LogP contribution in [0.15, 0.2) is 24.3 Å². The molecule has 1 aromatic carbocycles. The van der Waals surface area contributed by atoms with Crippen molar-refractivity contribution in [3.63, 3.8) is 0 Å². The predicted octanol–water partition coefficient (Wildman–Crippen LogP) is 0.769. The average molecular weight is 162 g/mol. The van der Waals surface area contributed by atoms with E-state index in [0.717, 1.165) is 0 Å². The lowest BCUT2D eigenvalue weighted by atomic mass is 10.1. The minimum Gasteiger partial charge on any atom is -0.374 e. The van der Waals surface area contributed by atoms with Gasteiger partial charge in [-0.05, 0) is 24.7 Å². The van der Waals surface area contributed by atoms with Crippen molar-refractivity contribution in [3.05, 3.63) is 35.4 Å². The summed E-state index contributed by atoms with van der Waals surface area (Å²) in [6.07, 6.45) is -0.696. The molecular formula is C9H10N2O. The number of nitrogens with one attached hydrogen (secondary N) is 1. The van der Waals surface area contributed by atoms with Crippen molar-refractivity contribution in [2.45, 2.75) is 6.23 Å². The molecule has 12 heavy (non-hydrogen) atoms. The summed E-state index contributed by atoms with van der Waals surface area (Å²) < 4.78 is 0. The smallest absolute Gasteiger partial charge is 0.130 e. The van der Waals surface area contributed by atoms with Crippen LogP contribution in [-0.2, 0) is 0 Å². The first-order valence-corrected chi connectivity index (χ1v) is 3.63. The fraction of sp³-hybridized carbons (Fsp3) is 0.222. The van der Waals surface area contributed by atoms with E-state index < -0.39 is 6.23 Å². The first kappa shape index (κ1) is 8.72. The summed E-state index contributed by atoms with van der Waals surface area (Å²) in [6, 6.07) is 8.87. The Labute approximate surface area is 71.3 Å². The van der Waals surface area contributed by atoms with Gasteiger partial charge < -0.3 is 5.11 Å². The molecule has 1 unspecified atom stereocenters. The quantitative estimate of drug-likeness (QED) is 0.631. The van der Waals surface area contributed by atoms with E-state index in [1.165, 1.54) is 0 Å². The molecule has 3 heteroatoms. The van der Waals surface area contributed by atoms with Crippen molar-refractivity contribution < 1.29 is 5.11 Å².